The van der Waals surface area contributed by atoms with Crippen molar-refractivity contribution < 1.29 is 9.59 Å². The van der Waals surface area contributed by atoms with Gasteiger partial charge in [0.25, 0.3) is 11.8 Å². The summed E-state index contributed by atoms with van der Waals surface area (Å²) in [5, 5.41) is 3.61. The maximum atomic E-state index is 12.7. The van der Waals surface area contributed by atoms with Crippen LogP contribution in [-0.4, -0.2) is 23.8 Å². The third kappa shape index (κ3) is 3.19. The summed E-state index contributed by atoms with van der Waals surface area (Å²) in [5.74, 6) is -0.254. The SMILES string of the molecule is Cc1ccccc1C(=O)Nc1ccc2c(c1)Sc1ncccc1C(=O)N2C. The lowest BCUT2D eigenvalue weighted by molar-refractivity contribution is 0.0987. The van der Waals surface area contributed by atoms with Gasteiger partial charge in [-0.1, -0.05) is 30.0 Å². The molecule has 0 fully saturated rings. The number of anilines is 2. The molecule has 2 amide bonds. The Labute approximate surface area is 161 Å². The molecule has 1 aliphatic heterocycles. The summed E-state index contributed by atoms with van der Waals surface area (Å²) in [5.41, 5.74) is 3.60. The normalized spacial score (nSPS) is 12.8. The number of benzene rings is 2. The van der Waals surface area contributed by atoms with Gasteiger partial charge in [-0.05, 0) is 48.9 Å². The van der Waals surface area contributed by atoms with Crippen molar-refractivity contribution in [1.29, 1.82) is 0 Å². The van der Waals surface area contributed by atoms with Gasteiger partial charge >= 0.3 is 0 Å². The van der Waals surface area contributed by atoms with Gasteiger partial charge in [-0.2, -0.15) is 0 Å². The van der Waals surface area contributed by atoms with Gasteiger partial charge in [-0.25, -0.2) is 4.98 Å². The van der Waals surface area contributed by atoms with E-state index in [0.29, 0.717) is 21.8 Å². The largest absolute Gasteiger partial charge is 0.322 e. The van der Waals surface area contributed by atoms with Gasteiger partial charge in [0, 0.05) is 29.4 Å². The van der Waals surface area contributed by atoms with E-state index in [9.17, 15) is 9.59 Å². The van der Waals surface area contributed by atoms with Gasteiger partial charge in [-0.15, -0.1) is 0 Å². The van der Waals surface area contributed by atoms with E-state index in [1.807, 2.05) is 43.3 Å². The van der Waals surface area contributed by atoms with Gasteiger partial charge in [0.15, 0.2) is 0 Å². The summed E-state index contributed by atoms with van der Waals surface area (Å²) in [7, 11) is 1.75. The number of aromatic nitrogens is 1. The molecule has 1 N–H and O–H groups in total. The maximum absolute atomic E-state index is 12.7. The Bertz CT molecular complexity index is 1060. The van der Waals surface area contributed by atoms with Crippen molar-refractivity contribution >= 4 is 35.0 Å². The molecule has 0 atom stereocenters. The highest BCUT2D eigenvalue weighted by molar-refractivity contribution is 7.99. The number of amides is 2. The molecule has 2 aromatic carbocycles. The first-order valence-electron chi connectivity index (χ1n) is 8.46. The zero-order valence-corrected chi connectivity index (χ0v) is 15.7. The topological polar surface area (TPSA) is 62.3 Å². The second-order valence-electron chi connectivity index (χ2n) is 6.27. The molecule has 0 saturated carbocycles. The summed E-state index contributed by atoms with van der Waals surface area (Å²) in [6.45, 7) is 1.91. The molecule has 0 saturated heterocycles. The molecule has 27 heavy (non-hydrogen) atoms. The van der Waals surface area contributed by atoms with Crippen molar-refractivity contribution in [3.8, 4) is 0 Å². The molecule has 0 aliphatic carbocycles. The van der Waals surface area contributed by atoms with E-state index in [4.69, 9.17) is 0 Å². The Morgan fingerprint density at radius 1 is 1.11 bits per heavy atom. The third-order valence-electron chi connectivity index (χ3n) is 4.48. The number of hydrogen-bond donors (Lipinski definition) is 1. The predicted octanol–water partition coefficient (Wildman–Crippen LogP) is 4.38. The van der Waals surface area contributed by atoms with Gasteiger partial charge in [-0.3, -0.25) is 9.59 Å². The van der Waals surface area contributed by atoms with E-state index in [1.165, 1.54) is 11.8 Å². The summed E-state index contributed by atoms with van der Waals surface area (Å²) in [6, 6.07) is 16.5. The molecule has 4 rings (SSSR count). The number of nitrogens with one attached hydrogen (secondary N) is 1. The van der Waals surface area contributed by atoms with Crippen LogP contribution in [-0.2, 0) is 0 Å². The fraction of sp³-hybridized carbons (Fsp3) is 0.0952. The monoisotopic (exact) mass is 375 g/mol. The second-order valence-corrected chi connectivity index (χ2v) is 7.30. The minimum Gasteiger partial charge on any atom is -0.322 e. The van der Waals surface area contributed by atoms with Crippen molar-refractivity contribution in [1.82, 2.24) is 4.98 Å². The molecule has 2 heterocycles. The van der Waals surface area contributed by atoms with Crippen LogP contribution in [0.15, 0.2) is 70.7 Å². The molecule has 1 aliphatic rings. The minimum absolute atomic E-state index is 0.0963. The Kier molecular flexibility index (Phi) is 4.41. The highest BCUT2D eigenvalue weighted by Gasteiger charge is 2.25. The zero-order valence-electron chi connectivity index (χ0n) is 14.9. The van der Waals surface area contributed by atoms with Crippen molar-refractivity contribution in [2.45, 2.75) is 16.8 Å². The summed E-state index contributed by atoms with van der Waals surface area (Å²) in [4.78, 5) is 32.1. The first kappa shape index (κ1) is 17.3. The van der Waals surface area contributed by atoms with E-state index in [0.717, 1.165) is 16.1 Å². The molecular formula is C21H17N3O2S. The molecular weight excluding hydrogens is 358 g/mol. The quantitative estimate of drug-likeness (QED) is 0.722. The average molecular weight is 375 g/mol. The number of pyridine rings is 1. The van der Waals surface area contributed by atoms with Crippen LogP contribution >= 0.6 is 11.8 Å². The molecule has 134 valence electrons. The van der Waals surface area contributed by atoms with Crippen molar-refractivity contribution in [3.05, 3.63) is 77.5 Å². The van der Waals surface area contributed by atoms with Crippen molar-refractivity contribution in [2.75, 3.05) is 17.3 Å². The lowest BCUT2D eigenvalue weighted by Crippen LogP contribution is -2.26. The molecule has 1 aromatic heterocycles. The average Bonchev–Trinajstić information content (AvgIpc) is 2.77. The minimum atomic E-state index is -0.158. The first-order chi connectivity index (χ1) is 13.0. The van der Waals surface area contributed by atoms with Gasteiger partial charge < -0.3 is 10.2 Å². The Balaban J connectivity index is 1.68. The van der Waals surface area contributed by atoms with Crippen LogP contribution < -0.4 is 10.2 Å². The third-order valence-corrected chi connectivity index (χ3v) is 5.55. The number of hydrogen-bond acceptors (Lipinski definition) is 4. The summed E-state index contributed by atoms with van der Waals surface area (Å²) in [6.07, 6.45) is 1.67. The summed E-state index contributed by atoms with van der Waals surface area (Å²) < 4.78 is 0. The smallest absolute Gasteiger partial charge is 0.260 e. The molecule has 6 heteroatoms. The van der Waals surface area contributed by atoms with E-state index in [1.54, 1.807) is 36.3 Å². The van der Waals surface area contributed by atoms with Crippen molar-refractivity contribution in [2.24, 2.45) is 0 Å². The van der Waals surface area contributed by atoms with Gasteiger partial charge in [0.05, 0.1) is 11.3 Å². The van der Waals surface area contributed by atoms with Crippen molar-refractivity contribution in [3.63, 3.8) is 0 Å². The number of carbonyl (C=O) groups is 2. The lowest BCUT2D eigenvalue weighted by Gasteiger charge is -2.18. The summed E-state index contributed by atoms with van der Waals surface area (Å²) >= 11 is 1.43. The maximum Gasteiger partial charge on any atom is 0.260 e. The number of nitrogens with zero attached hydrogens (tertiary/aromatic N) is 2. The van der Waals surface area contributed by atoms with Crippen LogP contribution in [0.25, 0.3) is 0 Å². The van der Waals surface area contributed by atoms with E-state index in [-0.39, 0.29) is 11.8 Å². The highest BCUT2D eigenvalue weighted by atomic mass is 32.2. The Morgan fingerprint density at radius 3 is 2.74 bits per heavy atom. The molecule has 0 bridgehead atoms. The lowest BCUT2D eigenvalue weighted by atomic mass is 10.1. The molecule has 0 unspecified atom stereocenters. The predicted molar refractivity (Wildman–Crippen MR) is 107 cm³/mol. The van der Waals surface area contributed by atoms with Crippen LogP contribution in [0.3, 0.4) is 0 Å². The fourth-order valence-electron chi connectivity index (χ4n) is 3.01. The van der Waals surface area contributed by atoms with Crippen LogP contribution in [0.5, 0.6) is 0 Å². The van der Waals surface area contributed by atoms with Crippen LogP contribution in [0.4, 0.5) is 11.4 Å². The van der Waals surface area contributed by atoms with Crippen LogP contribution in [0.2, 0.25) is 0 Å². The highest BCUT2D eigenvalue weighted by Crippen LogP contribution is 2.41. The van der Waals surface area contributed by atoms with Gasteiger partial charge in [0.2, 0.25) is 0 Å². The number of carbonyl (C=O) groups excluding carboxylic acids is 2. The fourth-order valence-corrected chi connectivity index (χ4v) is 4.09. The Morgan fingerprint density at radius 2 is 1.93 bits per heavy atom. The van der Waals surface area contributed by atoms with E-state index < -0.39 is 0 Å². The molecule has 0 radical (unpaired) electrons. The molecule has 3 aromatic rings. The van der Waals surface area contributed by atoms with Gasteiger partial charge in [0.1, 0.15) is 5.03 Å². The van der Waals surface area contributed by atoms with E-state index >= 15 is 0 Å². The van der Waals surface area contributed by atoms with E-state index in [2.05, 4.69) is 10.3 Å². The van der Waals surface area contributed by atoms with Crippen LogP contribution in [0.1, 0.15) is 26.3 Å². The molecule has 0 spiro atoms. The Hall–Kier alpha value is -3.12. The second kappa shape index (κ2) is 6.89. The van der Waals surface area contributed by atoms with Crippen LogP contribution in [0, 0.1) is 6.92 Å². The number of rotatable bonds is 2. The number of aryl methyl sites for hydroxylation is 1. The first-order valence-corrected chi connectivity index (χ1v) is 9.28. The molecule has 5 nitrogen and oxygen atoms in total. The number of fused-ring (bicyclic) bond motifs is 2. The standard InChI is InChI=1S/C21H17N3O2S/c1-13-6-3-4-7-15(13)19(25)23-14-9-10-17-18(12-14)27-20-16(8-5-11-22-20)21(26)24(17)2/h3-12H,1-2H3,(H,23,25). The zero-order chi connectivity index (χ0) is 19.0.